The van der Waals surface area contributed by atoms with Crippen molar-refractivity contribution in [1.29, 1.82) is 0 Å². The molecule has 33 heavy (non-hydrogen) atoms. The Morgan fingerprint density at radius 2 is 1.91 bits per heavy atom. The van der Waals surface area contributed by atoms with Gasteiger partial charge in [0.15, 0.2) is 0 Å². The fraction of sp³-hybridized carbons (Fsp3) is 0.231. The van der Waals surface area contributed by atoms with E-state index in [0.717, 1.165) is 58.2 Å². The topological polar surface area (TPSA) is 77.2 Å². The molecule has 0 N–H and O–H groups in total. The van der Waals surface area contributed by atoms with Crippen LogP contribution in [0.25, 0.3) is 33.3 Å². The second-order valence-corrected chi connectivity index (χ2v) is 8.29. The van der Waals surface area contributed by atoms with Gasteiger partial charge in [-0.3, -0.25) is 9.88 Å². The van der Waals surface area contributed by atoms with Gasteiger partial charge in [0.05, 0.1) is 18.8 Å². The lowest BCUT2D eigenvalue weighted by atomic mass is 10.1. The van der Waals surface area contributed by atoms with E-state index in [1.54, 1.807) is 13.3 Å². The van der Waals surface area contributed by atoms with Gasteiger partial charge in [0.25, 0.3) is 5.89 Å². The fourth-order valence-corrected chi connectivity index (χ4v) is 4.67. The number of hydrogen-bond donors (Lipinski definition) is 0. The Labute approximate surface area is 191 Å². The van der Waals surface area contributed by atoms with Crippen molar-refractivity contribution in [2.75, 3.05) is 13.7 Å². The van der Waals surface area contributed by atoms with Gasteiger partial charge in [-0.1, -0.05) is 42.5 Å². The number of pyridine rings is 2. The molecule has 6 rings (SSSR count). The van der Waals surface area contributed by atoms with Crippen LogP contribution in [0, 0.1) is 0 Å². The Bertz CT molecular complexity index is 1440. The normalized spacial score (nSPS) is 16.6. The number of para-hydroxylation sites is 1. The molecule has 0 bridgehead atoms. The number of nitrogens with zero attached hydrogens (tertiary/aromatic N) is 5. The molecule has 1 aliphatic rings. The second-order valence-electron chi connectivity index (χ2n) is 8.29. The van der Waals surface area contributed by atoms with Crippen molar-refractivity contribution < 1.29 is 9.15 Å². The van der Waals surface area contributed by atoms with Crippen molar-refractivity contribution >= 4 is 21.7 Å². The molecule has 0 unspecified atom stereocenters. The summed E-state index contributed by atoms with van der Waals surface area (Å²) in [6.07, 6.45) is 3.83. The van der Waals surface area contributed by atoms with Crippen LogP contribution in [0.15, 0.2) is 71.3 Å². The van der Waals surface area contributed by atoms with Gasteiger partial charge in [-0.05, 0) is 43.0 Å². The van der Waals surface area contributed by atoms with Gasteiger partial charge in [0.2, 0.25) is 5.89 Å². The van der Waals surface area contributed by atoms with Crippen LogP contribution in [0.5, 0.6) is 5.75 Å². The molecule has 4 heterocycles. The summed E-state index contributed by atoms with van der Waals surface area (Å²) in [6.45, 7) is 1.67. The summed E-state index contributed by atoms with van der Waals surface area (Å²) in [4.78, 5) is 11.8. The monoisotopic (exact) mass is 437 g/mol. The Hall–Kier alpha value is -3.84. The molecule has 2 aromatic carbocycles. The number of aromatic nitrogens is 4. The number of ether oxygens (including phenoxy) is 1. The molecule has 1 saturated heterocycles. The zero-order valence-corrected chi connectivity index (χ0v) is 18.3. The maximum absolute atomic E-state index is 6.17. The SMILES string of the molecule is COc1cccc2ccc(CN3CCC[C@@H]3c3nnc(-c4nccc5ccccc45)o3)nc12. The number of methoxy groups -OCH3 is 1. The van der Waals surface area contributed by atoms with E-state index in [9.17, 15) is 0 Å². The van der Waals surface area contributed by atoms with Gasteiger partial charge in [0, 0.05) is 23.5 Å². The van der Waals surface area contributed by atoms with E-state index in [4.69, 9.17) is 14.1 Å². The van der Waals surface area contributed by atoms with Crippen molar-refractivity contribution in [3.63, 3.8) is 0 Å². The van der Waals surface area contributed by atoms with Crippen LogP contribution in [0.4, 0.5) is 0 Å². The van der Waals surface area contributed by atoms with Crippen molar-refractivity contribution in [3.05, 3.63) is 78.4 Å². The molecule has 5 aromatic rings. The molecule has 0 radical (unpaired) electrons. The van der Waals surface area contributed by atoms with Gasteiger partial charge >= 0.3 is 0 Å². The van der Waals surface area contributed by atoms with Crippen LogP contribution in [-0.2, 0) is 6.54 Å². The van der Waals surface area contributed by atoms with Gasteiger partial charge in [-0.15, -0.1) is 10.2 Å². The molecule has 1 fully saturated rings. The summed E-state index contributed by atoms with van der Waals surface area (Å²) in [5.41, 5.74) is 2.60. The first kappa shape index (κ1) is 19.8. The molecule has 7 nitrogen and oxygen atoms in total. The summed E-state index contributed by atoms with van der Waals surface area (Å²) < 4.78 is 11.7. The maximum atomic E-state index is 6.17. The standard InChI is InChI=1S/C26H23N5O2/c1-32-22-10-4-7-18-11-12-19(28-23(18)22)16-31-15-5-9-21(31)25-29-30-26(33-25)24-20-8-3-2-6-17(20)13-14-27-24/h2-4,6-8,10-14,21H,5,9,15-16H2,1H3/t21-/m1/s1. The third-order valence-corrected chi connectivity index (χ3v) is 6.29. The number of fused-ring (bicyclic) bond motifs is 2. The van der Waals surface area contributed by atoms with Crippen LogP contribution < -0.4 is 4.74 Å². The lowest BCUT2D eigenvalue weighted by Crippen LogP contribution is -2.23. The second kappa shape index (κ2) is 8.26. The third-order valence-electron chi connectivity index (χ3n) is 6.29. The number of benzene rings is 2. The number of hydrogen-bond acceptors (Lipinski definition) is 7. The average molecular weight is 438 g/mol. The van der Waals surface area contributed by atoms with Crippen molar-refractivity contribution in [3.8, 4) is 17.3 Å². The van der Waals surface area contributed by atoms with E-state index in [2.05, 4.69) is 44.3 Å². The Morgan fingerprint density at radius 3 is 2.85 bits per heavy atom. The molecular formula is C26H23N5O2. The Kier molecular flexibility index (Phi) is 4.96. The first-order valence-electron chi connectivity index (χ1n) is 11.1. The molecule has 3 aromatic heterocycles. The van der Waals surface area contributed by atoms with Gasteiger partial charge < -0.3 is 9.15 Å². The minimum Gasteiger partial charge on any atom is -0.494 e. The first-order chi connectivity index (χ1) is 16.3. The molecule has 7 heteroatoms. The lowest BCUT2D eigenvalue weighted by Gasteiger charge is -2.21. The van der Waals surface area contributed by atoms with Crippen molar-refractivity contribution in [2.45, 2.75) is 25.4 Å². The minimum atomic E-state index is 0.0661. The van der Waals surface area contributed by atoms with Crippen LogP contribution >= 0.6 is 0 Å². The van der Waals surface area contributed by atoms with E-state index in [1.807, 2.05) is 36.4 Å². The molecule has 1 atom stereocenters. The predicted molar refractivity (Wildman–Crippen MR) is 126 cm³/mol. The number of likely N-dealkylation sites (tertiary alicyclic amines) is 1. The Morgan fingerprint density at radius 1 is 1.00 bits per heavy atom. The zero-order chi connectivity index (χ0) is 22.2. The van der Waals surface area contributed by atoms with Crippen LogP contribution in [0.1, 0.15) is 30.5 Å². The van der Waals surface area contributed by atoms with Gasteiger partial charge in [-0.25, -0.2) is 4.98 Å². The highest BCUT2D eigenvalue weighted by Crippen LogP contribution is 2.35. The minimum absolute atomic E-state index is 0.0661. The van der Waals surface area contributed by atoms with E-state index in [1.165, 1.54) is 0 Å². The van der Waals surface area contributed by atoms with E-state index in [0.29, 0.717) is 18.3 Å². The maximum Gasteiger partial charge on any atom is 0.266 e. The molecule has 164 valence electrons. The summed E-state index contributed by atoms with van der Waals surface area (Å²) in [6, 6.07) is 20.3. The van der Waals surface area contributed by atoms with E-state index >= 15 is 0 Å². The van der Waals surface area contributed by atoms with Gasteiger partial charge in [0.1, 0.15) is 17.0 Å². The first-order valence-corrected chi connectivity index (χ1v) is 11.1. The number of rotatable bonds is 5. The molecule has 1 aliphatic heterocycles. The molecule has 0 aliphatic carbocycles. The summed E-state index contributed by atoms with van der Waals surface area (Å²) in [7, 11) is 1.68. The largest absolute Gasteiger partial charge is 0.494 e. The molecule has 0 saturated carbocycles. The quantitative estimate of drug-likeness (QED) is 0.375. The Balaban J connectivity index is 1.28. The molecule has 0 amide bonds. The summed E-state index contributed by atoms with van der Waals surface area (Å²) >= 11 is 0. The highest BCUT2D eigenvalue weighted by atomic mass is 16.5. The van der Waals surface area contributed by atoms with Crippen LogP contribution in [0.3, 0.4) is 0 Å². The van der Waals surface area contributed by atoms with Crippen LogP contribution in [0.2, 0.25) is 0 Å². The highest BCUT2D eigenvalue weighted by molar-refractivity contribution is 5.92. The average Bonchev–Trinajstić information content (AvgIpc) is 3.53. The van der Waals surface area contributed by atoms with Crippen molar-refractivity contribution in [1.82, 2.24) is 25.1 Å². The predicted octanol–water partition coefficient (Wildman–Crippen LogP) is 5.18. The smallest absolute Gasteiger partial charge is 0.266 e. The lowest BCUT2D eigenvalue weighted by molar-refractivity contribution is 0.213. The fourth-order valence-electron chi connectivity index (χ4n) is 4.67. The highest BCUT2D eigenvalue weighted by Gasteiger charge is 2.31. The summed E-state index contributed by atoms with van der Waals surface area (Å²) in [5.74, 6) is 1.88. The van der Waals surface area contributed by atoms with Gasteiger partial charge in [-0.2, -0.15) is 0 Å². The zero-order valence-electron chi connectivity index (χ0n) is 18.3. The van der Waals surface area contributed by atoms with E-state index < -0.39 is 0 Å². The van der Waals surface area contributed by atoms with Crippen LogP contribution in [-0.4, -0.2) is 38.7 Å². The molecular weight excluding hydrogens is 414 g/mol. The molecule has 0 spiro atoms. The third kappa shape index (κ3) is 3.60. The van der Waals surface area contributed by atoms with Crippen molar-refractivity contribution in [2.24, 2.45) is 0 Å². The van der Waals surface area contributed by atoms with E-state index in [-0.39, 0.29) is 6.04 Å². The summed E-state index contributed by atoms with van der Waals surface area (Å²) in [5, 5.41) is 11.9.